The molecule has 3 saturated carbocycles. The quantitative estimate of drug-likeness (QED) is 0.670. The van der Waals surface area contributed by atoms with Crippen molar-refractivity contribution in [3.63, 3.8) is 0 Å². The fourth-order valence-electron chi connectivity index (χ4n) is 8.16. The fraction of sp³-hybridized carbons (Fsp3) is 0.833. The lowest BCUT2D eigenvalue weighted by Gasteiger charge is -2.62. The average Bonchev–Trinajstić information content (AvgIpc) is 2.91. The predicted octanol–water partition coefficient (Wildman–Crippen LogP) is 3.58. The van der Waals surface area contributed by atoms with E-state index in [1.807, 2.05) is 19.9 Å². The molecule has 1 heterocycles. The van der Waals surface area contributed by atoms with Gasteiger partial charge in [-0.2, -0.15) is 0 Å². The first-order chi connectivity index (χ1) is 13.5. The number of aliphatic hydroxyl groups excluding tert-OH is 1. The van der Waals surface area contributed by atoms with Crippen LogP contribution in [0.1, 0.15) is 72.6 Å². The maximum absolute atomic E-state index is 13.2. The number of hydrogen-bond acceptors (Lipinski definition) is 5. The van der Waals surface area contributed by atoms with Crippen LogP contribution in [0, 0.1) is 28.6 Å². The van der Waals surface area contributed by atoms with E-state index in [0.29, 0.717) is 31.1 Å². The number of carbonyl (C=O) groups excluding carboxylic acids is 2. The molecular weight excluding hydrogens is 368 g/mol. The summed E-state index contributed by atoms with van der Waals surface area (Å²) < 4.78 is 12.1. The normalized spacial score (nSPS) is 51.3. The van der Waals surface area contributed by atoms with E-state index in [1.54, 1.807) is 0 Å². The molecule has 160 valence electrons. The van der Waals surface area contributed by atoms with Crippen LogP contribution in [0.3, 0.4) is 0 Å². The molecule has 29 heavy (non-hydrogen) atoms. The summed E-state index contributed by atoms with van der Waals surface area (Å²) >= 11 is 0. The highest BCUT2D eigenvalue weighted by Gasteiger charge is 2.71. The lowest BCUT2D eigenvalue weighted by Crippen LogP contribution is -2.66. The third-order valence-corrected chi connectivity index (χ3v) is 9.44. The van der Waals surface area contributed by atoms with Gasteiger partial charge in [0.1, 0.15) is 12.2 Å². The van der Waals surface area contributed by atoms with Crippen LogP contribution in [-0.2, 0) is 19.1 Å². The van der Waals surface area contributed by atoms with Gasteiger partial charge in [0.05, 0.1) is 6.10 Å². The Morgan fingerprint density at radius 3 is 2.59 bits per heavy atom. The van der Waals surface area contributed by atoms with E-state index >= 15 is 0 Å². The molecule has 1 aliphatic heterocycles. The molecule has 0 radical (unpaired) electrons. The highest BCUT2D eigenvalue weighted by Crippen LogP contribution is 2.69. The molecule has 4 aliphatic carbocycles. The minimum atomic E-state index is -0.856. The number of carbonyl (C=O) groups is 2. The fourth-order valence-corrected chi connectivity index (χ4v) is 8.16. The van der Waals surface area contributed by atoms with E-state index in [1.165, 1.54) is 5.57 Å². The van der Waals surface area contributed by atoms with Crippen molar-refractivity contribution in [3.05, 3.63) is 11.6 Å². The van der Waals surface area contributed by atoms with Crippen molar-refractivity contribution in [2.24, 2.45) is 28.6 Å². The van der Waals surface area contributed by atoms with Crippen LogP contribution < -0.4 is 0 Å². The number of rotatable bonds is 0. The Hall–Kier alpha value is -1.04. The van der Waals surface area contributed by atoms with Gasteiger partial charge < -0.3 is 14.6 Å². The Balaban J connectivity index is 1.55. The van der Waals surface area contributed by atoms with Gasteiger partial charge in [0.25, 0.3) is 0 Å². The number of Topliss-reactive ketones (excluding diaryl/α,β-unsaturated/α-hetero) is 1. The zero-order valence-corrected chi connectivity index (χ0v) is 18.1. The minimum Gasteiger partial charge on any atom is -0.393 e. The monoisotopic (exact) mass is 402 g/mol. The van der Waals surface area contributed by atoms with E-state index in [2.05, 4.69) is 13.8 Å². The van der Waals surface area contributed by atoms with Crippen molar-refractivity contribution in [1.82, 2.24) is 0 Å². The molecule has 7 unspecified atom stereocenters. The molecule has 5 aliphatic rings. The van der Waals surface area contributed by atoms with Gasteiger partial charge in [0.15, 0.2) is 17.4 Å². The molecule has 7 atom stereocenters. The minimum absolute atomic E-state index is 0.0401. The molecule has 0 aromatic carbocycles. The van der Waals surface area contributed by atoms with Gasteiger partial charge in [0.2, 0.25) is 0 Å². The van der Waals surface area contributed by atoms with Gasteiger partial charge in [0, 0.05) is 11.8 Å². The first-order valence-electron chi connectivity index (χ1n) is 11.3. The lowest BCUT2D eigenvalue weighted by atomic mass is 9.45. The van der Waals surface area contributed by atoms with Crippen LogP contribution >= 0.6 is 0 Å². The van der Waals surface area contributed by atoms with Crippen LogP contribution in [-0.4, -0.2) is 40.8 Å². The van der Waals surface area contributed by atoms with E-state index in [9.17, 15) is 14.7 Å². The summed E-state index contributed by atoms with van der Waals surface area (Å²) in [6.45, 7) is 8.31. The maximum Gasteiger partial charge on any atom is 0.190 e. The Labute approximate surface area is 173 Å². The standard InChI is InChI=1S/C24H34O5/c1-21(2)28-13-19(27)24(29-21)10-8-17-16-6-5-14-11-15(25)7-9-22(14,3)20(16)18(26)12-23(17,24)4/h11,16-18,20,26H,5-10,12-13H2,1-4H3. The van der Waals surface area contributed by atoms with Crippen LogP contribution in [0.5, 0.6) is 0 Å². The lowest BCUT2D eigenvalue weighted by molar-refractivity contribution is -0.316. The summed E-state index contributed by atoms with van der Waals surface area (Å²) in [4.78, 5) is 25.2. The molecule has 1 saturated heterocycles. The smallest absolute Gasteiger partial charge is 0.190 e. The highest BCUT2D eigenvalue weighted by molar-refractivity contribution is 5.92. The second-order valence-corrected chi connectivity index (χ2v) is 11.2. The summed E-state index contributed by atoms with van der Waals surface area (Å²) in [6.07, 6.45) is 6.96. The molecule has 0 bridgehead atoms. The van der Waals surface area contributed by atoms with Gasteiger partial charge in [-0.25, -0.2) is 0 Å². The molecule has 5 nitrogen and oxygen atoms in total. The van der Waals surface area contributed by atoms with E-state index < -0.39 is 17.5 Å². The van der Waals surface area contributed by atoms with Crippen LogP contribution in [0.15, 0.2) is 11.6 Å². The predicted molar refractivity (Wildman–Crippen MR) is 107 cm³/mol. The number of allylic oxidation sites excluding steroid dienone is 1. The molecular formula is C24H34O5. The zero-order valence-electron chi connectivity index (χ0n) is 18.1. The van der Waals surface area contributed by atoms with Gasteiger partial charge in [-0.1, -0.05) is 19.4 Å². The Bertz CT molecular complexity index is 799. The van der Waals surface area contributed by atoms with Crippen molar-refractivity contribution in [2.75, 3.05) is 6.61 Å². The second-order valence-electron chi connectivity index (χ2n) is 11.2. The summed E-state index contributed by atoms with van der Waals surface area (Å²) in [5.41, 5.74) is -0.101. The van der Waals surface area contributed by atoms with Crippen molar-refractivity contribution < 1.29 is 24.2 Å². The summed E-state index contributed by atoms with van der Waals surface area (Å²) in [5.74, 6) is 0.358. The first-order valence-corrected chi connectivity index (χ1v) is 11.3. The Morgan fingerprint density at radius 1 is 1.07 bits per heavy atom. The summed E-state index contributed by atoms with van der Waals surface area (Å²) in [6, 6.07) is 0. The van der Waals surface area contributed by atoms with E-state index in [0.717, 1.165) is 25.7 Å². The molecule has 0 aromatic rings. The molecule has 1 N–H and O–H groups in total. The van der Waals surface area contributed by atoms with Gasteiger partial charge in [-0.05, 0) is 81.6 Å². The summed E-state index contributed by atoms with van der Waals surface area (Å²) in [5, 5.41) is 11.5. The van der Waals surface area contributed by atoms with Crippen molar-refractivity contribution in [2.45, 2.75) is 90.1 Å². The molecule has 0 amide bonds. The highest BCUT2D eigenvalue weighted by atomic mass is 16.7. The van der Waals surface area contributed by atoms with E-state index in [4.69, 9.17) is 9.47 Å². The van der Waals surface area contributed by atoms with Crippen LogP contribution in [0.25, 0.3) is 0 Å². The van der Waals surface area contributed by atoms with Gasteiger partial charge in [-0.15, -0.1) is 0 Å². The first kappa shape index (κ1) is 19.9. The van der Waals surface area contributed by atoms with Crippen molar-refractivity contribution in [3.8, 4) is 0 Å². The third-order valence-electron chi connectivity index (χ3n) is 9.44. The third kappa shape index (κ3) is 2.50. The number of ketones is 2. The second kappa shape index (κ2) is 6.02. The number of fused-ring (bicyclic) bond motifs is 6. The number of ether oxygens (including phenoxy) is 2. The molecule has 4 fully saturated rings. The molecule has 0 aromatic heterocycles. The van der Waals surface area contributed by atoms with Crippen molar-refractivity contribution in [1.29, 1.82) is 0 Å². The topological polar surface area (TPSA) is 72.8 Å². The van der Waals surface area contributed by atoms with Crippen LogP contribution in [0.2, 0.25) is 0 Å². The number of aliphatic hydroxyl groups is 1. The summed E-state index contributed by atoms with van der Waals surface area (Å²) in [7, 11) is 0. The molecule has 1 spiro atoms. The Morgan fingerprint density at radius 2 is 1.83 bits per heavy atom. The largest absolute Gasteiger partial charge is 0.393 e. The van der Waals surface area contributed by atoms with Gasteiger partial charge >= 0.3 is 0 Å². The zero-order chi connectivity index (χ0) is 20.8. The van der Waals surface area contributed by atoms with Crippen molar-refractivity contribution >= 4 is 11.6 Å². The maximum atomic E-state index is 13.2. The van der Waals surface area contributed by atoms with E-state index in [-0.39, 0.29) is 34.9 Å². The average molecular weight is 403 g/mol. The number of hydrogen-bond donors (Lipinski definition) is 1. The Kier molecular flexibility index (Phi) is 4.13. The molecule has 5 heteroatoms. The SMILES string of the molecule is CC1(C)OCC(=O)C2(CCC3C4CCC5=CC(=O)CCC5(C)C4C(O)CC32C)O1. The van der Waals surface area contributed by atoms with Crippen LogP contribution in [0.4, 0.5) is 0 Å². The van der Waals surface area contributed by atoms with Gasteiger partial charge in [-0.3, -0.25) is 9.59 Å². The molecule has 5 rings (SSSR count).